The number of rotatable bonds is 8. The monoisotopic (exact) mass is 304 g/mol. The summed E-state index contributed by atoms with van der Waals surface area (Å²) in [6.07, 6.45) is 0.254. The molecule has 0 saturated carbocycles. The van der Waals surface area contributed by atoms with Crippen LogP contribution in [0.15, 0.2) is 17.5 Å². The highest BCUT2D eigenvalue weighted by Gasteiger charge is 2.47. The van der Waals surface area contributed by atoms with Crippen LogP contribution in [0.5, 0.6) is 0 Å². The maximum atomic E-state index is 12.7. The van der Waals surface area contributed by atoms with Gasteiger partial charge in [-0.3, -0.25) is 9.59 Å². The van der Waals surface area contributed by atoms with Gasteiger partial charge in [-0.25, -0.2) is 0 Å². The van der Waals surface area contributed by atoms with Crippen LogP contribution < -0.4 is 0 Å². The molecule has 1 aromatic rings. The van der Waals surface area contributed by atoms with Crippen molar-refractivity contribution in [1.29, 1.82) is 10.5 Å². The molecule has 0 aliphatic carbocycles. The number of esters is 1. The molecular formula is C15H16N2O3S. The highest BCUT2D eigenvalue weighted by molar-refractivity contribution is 7.12. The van der Waals surface area contributed by atoms with Gasteiger partial charge in [0.15, 0.2) is 5.78 Å². The number of thiophene rings is 1. The van der Waals surface area contributed by atoms with E-state index in [1.807, 2.05) is 12.1 Å². The Balaban J connectivity index is 3.21. The van der Waals surface area contributed by atoms with Crippen molar-refractivity contribution in [2.45, 2.75) is 32.6 Å². The topological polar surface area (TPSA) is 90.9 Å². The molecule has 0 aliphatic rings. The molecule has 0 unspecified atom stereocenters. The summed E-state index contributed by atoms with van der Waals surface area (Å²) in [5.41, 5.74) is -1.44. The van der Waals surface area contributed by atoms with Crippen LogP contribution in [0.25, 0.3) is 0 Å². The first-order chi connectivity index (χ1) is 10.1. The van der Waals surface area contributed by atoms with E-state index in [0.29, 0.717) is 4.88 Å². The molecule has 0 fully saturated rings. The van der Waals surface area contributed by atoms with Crippen molar-refractivity contribution in [3.63, 3.8) is 0 Å². The van der Waals surface area contributed by atoms with Gasteiger partial charge < -0.3 is 4.74 Å². The van der Waals surface area contributed by atoms with E-state index in [1.165, 1.54) is 11.3 Å². The SMILES string of the molecule is CCOC(=O)C(CCC#N)(CCC#N)C(=O)c1cccs1. The zero-order valence-electron chi connectivity index (χ0n) is 11.8. The van der Waals surface area contributed by atoms with Gasteiger partial charge in [0.1, 0.15) is 5.41 Å². The lowest BCUT2D eigenvalue weighted by atomic mass is 9.75. The molecule has 0 N–H and O–H groups in total. The molecule has 1 heterocycles. The quantitative estimate of drug-likeness (QED) is 0.418. The molecule has 6 heteroatoms. The van der Waals surface area contributed by atoms with Crippen LogP contribution in [0.1, 0.15) is 42.3 Å². The summed E-state index contributed by atoms with van der Waals surface area (Å²) in [5, 5.41) is 19.4. The normalized spacial score (nSPS) is 10.4. The van der Waals surface area contributed by atoms with Crippen LogP contribution >= 0.6 is 11.3 Å². The molecule has 0 bridgehead atoms. The van der Waals surface area contributed by atoms with E-state index in [0.717, 1.165) is 0 Å². The Morgan fingerprint density at radius 1 is 1.29 bits per heavy atom. The van der Waals surface area contributed by atoms with E-state index >= 15 is 0 Å². The average Bonchev–Trinajstić information content (AvgIpc) is 3.01. The van der Waals surface area contributed by atoms with Crippen LogP contribution in [-0.4, -0.2) is 18.4 Å². The fourth-order valence-electron chi connectivity index (χ4n) is 2.10. The fourth-order valence-corrected chi connectivity index (χ4v) is 2.86. The predicted molar refractivity (Wildman–Crippen MR) is 77.4 cm³/mol. The smallest absolute Gasteiger partial charge is 0.320 e. The van der Waals surface area contributed by atoms with Crippen LogP contribution in [-0.2, 0) is 9.53 Å². The maximum absolute atomic E-state index is 12.7. The van der Waals surface area contributed by atoms with E-state index < -0.39 is 11.4 Å². The fraction of sp³-hybridized carbons (Fsp3) is 0.467. The van der Waals surface area contributed by atoms with E-state index in [9.17, 15) is 9.59 Å². The first-order valence-corrected chi connectivity index (χ1v) is 7.49. The summed E-state index contributed by atoms with van der Waals surface area (Å²) in [5.74, 6) is -1.00. The van der Waals surface area contributed by atoms with E-state index in [4.69, 9.17) is 15.3 Å². The lowest BCUT2D eigenvalue weighted by Crippen LogP contribution is -2.40. The third-order valence-electron chi connectivity index (χ3n) is 3.17. The highest BCUT2D eigenvalue weighted by atomic mass is 32.1. The minimum Gasteiger partial charge on any atom is -0.465 e. The summed E-state index contributed by atoms with van der Waals surface area (Å²) >= 11 is 1.24. The molecule has 0 saturated heterocycles. The molecule has 5 nitrogen and oxygen atoms in total. The van der Waals surface area contributed by atoms with E-state index in [2.05, 4.69) is 0 Å². The lowest BCUT2D eigenvalue weighted by molar-refractivity contribution is -0.153. The number of hydrogen-bond donors (Lipinski definition) is 0. The zero-order valence-corrected chi connectivity index (χ0v) is 12.6. The second kappa shape index (κ2) is 8.18. The van der Waals surface area contributed by atoms with Gasteiger partial charge in [0, 0.05) is 12.8 Å². The Labute approximate surface area is 127 Å². The molecule has 0 aromatic carbocycles. The van der Waals surface area contributed by atoms with Gasteiger partial charge >= 0.3 is 5.97 Å². The zero-order chi connectivity index (χ0) is 15.7. The molecule has 110 valence electrons. The average molecular weight is 304 g/mol. The number of nitriles is 2. The Morgan fingerprint density at radius 2 is 1.90 bits per heavy atom. The summed E-state index contributed by atoms with van der Waals surface area (Å²) in [6, 6.07) is 7.28. The Hall–Kier alpha value is -2.18. The first kappa shape index (κ1) is 16.9. The molecule has 21 heavy (non-hydrogen) atoms. The molecule has 0 atom stereocenters. The van der Waals surface area contributed by atoms with Crippen molar-refractivity contribution in [2.24, 2.45) is 5.41 Å². The number of carbonyl (C=O) groups excluding carboxylic acids is 2. The van der Waals surface area contributed by atoms with Crippen LogP contribution in [0.2, 0.25) is 0 Å². The van der Waals surface area contributed by atoms with Crippen LogP contribution in [0.3, 0.4) is 0 Å². The lowest BCUT2D eigenvalue weighted by Gasteiger charge is -2.28. The minimum atomic E-state index is -1.44. The van der Waals surface area contributed by atoms with Crippen molar-refractivity contribution in [3.05, 3.63) is 22.4 Å². The van der Waals surface area contributed by atoms with E-state index in [-0.39, 0.29) is 38.1 Å². The van der Waals surface area contributed by atoms with Gasteiger partial charge in [-0.2, -0.15) is 10.5 Å². The number of Topliss-reactive ketones (excluding diaryl/α,β-unsaturated/α-hetero) is 1. The van der Waals surface area contributed by atoms with Crippen LogP contribution in [0.4, 0.5) is 0 Å². The third kappa shape index (κ3) is 3.90. The van der Waals surface area contributed by atoms with Crippen molar-refractivity contribution in [3.8, 4) is 12.1 Å². The molecule has 1 aromatic heterocycles. The predicted octanol–water partition coefficient (Wildman–Crippen LogP) is 3.09. The largest absolute Gasteiger partial charge is 0.465 e. The van der Waals surface area contributed by atoms with Gasteiger partial charge in [-0.05, 0) is 31.2 Å². The highest BCUT2D eigenvalue weighted by Crippen LogP contribution is 2.36. The van der Waals surface area contributed by atoms with Crippen molar-refractivity contribution in [2.75, 3.05) is 6.61 Å². The second-order valence-corrected chi connectivity index (χ2v) is 5.37. The number of ketones is 1. The molecule has 1 rings (SSSR count). The Bertz CT molecular complexity index is 549. The number of nitrogens with zero attached hydrogens (tertiary/aromatic N) is 2. The molecule has 0 aliphatic heterocycles. The summed E-state index contributed by atoms with van der Waals surface area (Å²) in [6.45, 7) is 1.81. The molecule has 0 spiro atoms. The Kier molecular flexibility index (Phi) is 6.58. The minimum absolute atomic E-state index is 0.0569. The van der Waals surface area contributed by atoms with Gasteiger partial charge in [-0.1, -0.05) is 6.07 Å². The maximum Gasteiger partial charge on any atom is 0.320 e. The molecular weight excluding hydrogens is 288 g/mol. The van der Waals surface area contributed by atoms with Gasteiger partial charge in [-0.15, -0.1) is 11.3 Å². The summed E-state index contributed by atoms with van der Waals surface area (Å²) in [7, 11) is 0. The van der Waals surface area contributed by atoms with Crippen molar-refractivity contribution >= 4 is 23.1 Å². The number of carbonyl (C=O) groups is 2. The van der Waals surface area contributed by atoms with E-state index in [1.54, 1.807) is 24.4 Å². The van der Waals surface area contributed by atoms with Gasteiger partial charge in [0.2, 0.25) is 0 Å². The standard InChI is InChI=1S/C15H16N2O3S/c1-2-20-14(19)15(7-4-9-16,8-5-10-17)13(18)12-6-3-11-21-12/h3,6,11H,2,4-5,7-8H2,1H3. The Morgan fingerprint density at radius 3 is 2.33 bits per heavy atom. The molecule has 0 radical (unpaired) electrons. The van der Waals surface area contributed by atoms with Crippen LogP contribution in [0, 0.1) is 28.1 Å². The van der Waals surface area contributed by atoms with Crippen molar-refractivity contribution in [1.82, 2.24) is 0 Å². The second-order valence-electron chi connectivity index (χ2n) is 4.43. The number of hydrogen-bond acceptors (Lipinski definition) is 6. The third-order valence-corrected chi connectivity index (χ3v) is 4.04. The summed E-state index contributed by atoms with van der Waals surface area (Å²) < 4.78 is 5.05. The molecule has 0 amide bonds. The summed E-state index contributed by atoms with van der Waals surface area (Å²) in [4.78, 5) is 25.5. The first-order valence-electron chi connectivity index (χ1n) is 6.61. The van der Waals surface area contributed by atoms with Gasteiger partial charge in [0.25, 0.3) is 0 Å². The van der Waals surface area contributed by atoms with Gasteiger partial charge in [0.05, 0.1) is 23.6 Å². The number of ether oxygens (including phenoxy) is 1. The van der Waals surface area contributed by atoms with Crippen molar-refractivity contribution < 1.29 is 14.3 Å².